The van der Waals surface area contributed by atoms with Crippen molar-refractivity contribution in [2.24, 2.45) is 17.4 Å². The summed E-state index contributed by atoms with van der Waals surface area (Å²) in [6.45, 7) is 7.53. The standard InChI is InChI=1S/C16H28N2O4.C13H24N2O4/c1-2-3-4-5-6-7-8-9-10-15(20)18-13(16(21)22)11-12-14(17)19;1-3-4-5-6-9(2)12(17)15-10(13(18)19)7-8-11(14)16/h2,13H,1,3-12H2,(H2,17,19)(H,18,20)(H,21,22);9-10H,3-8H2,1-2H3,(H2,14,16)(H,15,17)(H,18,19)/t13-;9?,10-/m00/s1. The van der Waals surface area contributed by atoms with Crippen molar-refractivity contribution in [2.45, 2.75) is 129 Å². The Labute approximate surface area is 244 Å². The number of nitrogens with one attached hydrogen (secondary N) is 2. The van der Waals surface area contributed by atoms with Gasteiger partial charge in [0, 0.05) is 25.2 Å². The number of hydrogen-bond acceptors (Lipinski definition) is 6. The van der Waals surface area contributed by atoms with Gasteiger partial charge in [-0.25, -0.2) is 9.59 Å². The molecule has 41 heavy (non-hydrogen) atoms. The molecule has 0 fully saturated rings. The second-order valence-corrected chi connectivity index (χ2v) is 10.2. The van der Waals surface area contributed by atoms with Gasteiger partial charge in [0.15, 0.2) is 0 Å². The van der Waals surface area contributed by atoms with E-state index in [1.165, 1.54) is 6.42 Å². The molecular formula is C29H52N4O8. The summed E-state index contributed by atoms with van der Waals surface area (Å²) in [6.07, 6.45) is 13.3. The summed E-state index contributed by atoms with van der Waals surface area (Å²) in [4.78, 5) is 66.7. The van der Waals surface area contributed by atoms with Crippen LogP contribution >= 0.6 is 0 Å². The molecule has 236 valence electrons. The summed E-state index contributed by atoms with van der Waals surface area (Å²) in [5.74, 6) is -4.22. The fourth-order valence-electron chi connectivity index (χ4n) is 3.78. The van der Waals surface area contributed by atoms with Gasteiger partial charge in [-0.2, -0.15) is 0 Å². The van der Waals surface area contributed by atoms with Gasteiger partial charge in [-0.15, -0.1) is 6.58 Å². The minimum atomic E-state index is -1.14. The number of carboxylic acids is 2. The minimum Gasteiger partial charge on any atom is -0.480 e. The summed E-state index contributed by atoms with van der Waals surface area (Å²) < 4.78 is 0. The van der Waals surface area contributed by atoms with Crippen LogP contribution in [0.4, 0.5) is 0 Å². The highest BCUT2D eigenvalue weighted by Crippen LogP contribution is 2.11. The number of aliphatic carboxylic acids is 2. The monoisotopic (exact) mass is 584 g/mol. The molecule has 12 heteroatoms. The molecule has 0 aliphatic heterocycles. The van der Waals surface area contributed by atoms with Gasteiger partial charge >= 0.3 is 11.9 Å². The van der Waals surface area contributed by atoms with Gasteiger partial charge in [0.25, 0.3) is 0 Å². The Morgan fingerprint density at radius 1 is 0.707 bits per heavy atom. The van der Waals surface area contributed by atoms with E-state index in [0.717, 1.165) is 64.2 Å². The maximum absolute atomic E-state index is 11.8. The van der Waals surface area contributed by atoms with Gasteiger partial charge in [-0.3, -0.25) is 19.2 Å². The summed E-state index contributed by atoms with van der Waals surface area (Å²) >= 11 is 0. The summed E-state index contributed by atoms with van der Waals surface area (Å²) in [6, 6.07) is -2.09. The average Bonchev–Trinajstić information content (AvgIpc) is 2.90. The van der Waals surface area contributed by atoms with Gasteiger partial charge in [0.1, 0.15) is 12.1 Å². The zero-order chi connectivity index (χ0) is 31.6. The number of primary amides is 2. The zero-order valence-corrected chi connectivity index (χ0v) is 24.8. The fourth-order valence-corrected chi connectivity index (χ4v) is 3.78. The molecule has 0 aromatic rings. The number of allylic oxidation sites excluding steroid dienone is 1. The van der Waals surface area contributed by atoms with Crippen molar-refractivity contribution >= 4 is 35.6 Å². The van der Waals surface area contributed by atoms with Crippen LogP contribution in [-0.2, 0) is 28.8 Å². The zero-order valence-electron chi connectivity index (χ0n) is 24.8. The average molecular weight is 585 g/mol. The Morgan fingerprint density at radius 2 is 1.20 bits per heavy atom. The van der Waals surface area contributed by atoms with Crippen LogP contribution in [-0.4, -0.2) is 57.9 Å². The number of nitrogens with two attached hydrogens (primary N) is 2. The number of unbranched alkanes of at least 4 members (excludes halogenated alkanes) is 8. The summed E-state index contributed by atoms with van der Waals surface area (Å²) in [7, 11) is 0. The van der Waals surface area contributed by atoms with E-state index in [2.05, 4.69) is 24.1 Å². The van der Waals surface area contributed by atoms with E-state index in [1.807, 2.05) is 6.08 Å². The molecule has 12 nitrogen and oxygen atoms in total. The van der Waals surface area contributed by atoms with Gasteiger partial charge in [-0.1, -0.05) is 64.9 Å². The van der Waals surface area contributed by atoms with Crippen LogP contribution in [0.3, 0.4) is 0 Å². The molecule has 4 amide bonds. The lowest BCUT2D eigenvalue weighted by atomic mass is 10.0. The predicted molar refractivity (Wildman–Crippen MR) is 156 cm³/mol. The normalized spacial score (nSPS) is 12.5. The molecule has 0 aromatic heterocycles. The smallest absolute Gasteiger partial charge is 0.326 e. The highest BCUT2D eigenvalue weighted by atomic mass is 16.4. The Bertz CT molecular complexity index is 819. The van der Waals surface area contributed by atoms with E-state index >= 15 is 0 Å². The molecule has 0 heterocycles. The van der Waals surface area contributed by atoms with Crippen LogP contribution in [0.25, 0.3) is 0 Å². The first-order chi connectivity index (χ1) is 19.3. The van der Waals surface area contributed by atoms with Crippen molar-refractivity contribution in [1.29, 1.82) is 0 Å². The predicted octanol–water partition coefficient (Wildman–Crippen LogP) is 3.17. The molecule has 0 bridgehead atoms. The van der Waals surface area contributed by atoms with E-state index in [-0.39, 0.29) is 43.4 Å². The van der Waals surface area contributed by atoms with E-state index in [9.17, 15) is 28.8 Å². The molecule has 3 atom stereocenters. The molecule has 0 radical (unpaired) electrons. The van der Waals surface area contributed by atoms with Gasteiger partial charge in [-0.05, 0) is 38.5 Å². The van der Waals surface area contributed by atoms with Crippen LogP contribution in [0.15, 0.2) is 12.7 Å². The molecular weight excluding hydrogens is 532 g/mol. The van der Waals surface area contributed by atoms with Crippen LogP contribution in [0.1, 0.15) is 117 Å². The number of hydrogen-bond donors (Lipinski definition) is 6. The van der Waals surface area contributed by atoms with E-state index in [4.69, 9.17) is 21.7 Å². The maximum Gasteiger partial charge on any atom is 0.326 e. The van der Waals surface area contributed by atoms with Crippen molar-refractivity contribution in [1.82, 2.24) is 10.6 Å². The van der Waals surface area contributed by atoms with E-state index < -0.39 is 35.8 Å². The van der Waals surface area contributed by atoms with Crippen LogP contribution < -0.4 is 22.1 Å². The first-order valence-electron chi connectivity index (χ1n) is 14.6. The Morgan fingerprint density at radius 3 is 1.66 bits per heavy atom. The van der Waals surface area contributed by atoms with Gasteiger partial charge in [0.2, 0.25) is 23.6 Å². The van der Waals surface area contributed by atoms with Gasteiger partial charge < -0.3 is 32.3 Å². The maximum atomic E-state index is 11.8. The third-order valence-electron chi connectivity index (χ3n) is 6.36. The largest absolute Gasteiger partial charge is 0.480 e. The van der Waals surface area contributed by atoms with Gasteiger partial charge in [0.05, 0.1) is 0 Å². The Kier molecular flexibility index (Phi) is 24.7. The quantitative estimate of drug-likeness (QED) is 0.0729. The van der Waals surface area contributed by atoms with E-state index in [0.29, 0.717) is 6.42 Å². The third kappa shape index (κ3) is 25.3. The summed E-state index contributed by atoms with van der Waals surface area (Å²) in [5.41, 5.74) is 9.95. The lowest BCUT2D eigenvalue weighted by Crippen LogP contribution is -2.43. The SMILES string of the molecule is C=CCCCCCCCCC(=O)N[C@@H](CCC(N)=O)C(=O)O.CCCCCC(C)C(=O)N[C@@H](CCC(N)=O)C(=O)O. The second kappa shape index (κ2) is 25.5. The molecule has 8 N–H and O–H groups in total. The second-order valence-electron chi connectivity index (χ2n) is 10.2. The third-order valence-corrected chi connectivity index (χ3v) is 6.36. The first kappa shape index (κ1) is 39.7. The van der Waals surface area contributed by atoms with Crippen molar-refractivity contribution in [3.05, 3.63) is 12.7 Å². The summed E-state index contributed by atoms with van der Waals surface area (Å²) in [5, 5.41) is 22.8. The number of carboxylic acid groups (broad SMARTS) is 2. The molecule has 0 saturated carbocycles. The molecule has 1 unspecified atom stereocenters. The fraction of sp³-hybridized carbons (Fsp3) is 0.724. The van der Waals surface area contributed by atoms with Crippen LogP contribution in [0.2, 0.25) is 0 Å². The molecule has 0 aliphatic rings. The van der Waals surface area contributed by atoms with E-state index in [1.54, 1.807) is 6.92 Å². The van der Waals surface area contributed by atoms with Crippen molar-refractivity contribution in [3.8, 4) is 0 Å². The molecule has 0 spiro atoms. The minimum absolute atomic E-state index is 0.0259. The van der Waals surface area contributed by atoms with Crippen LogP contribution in [0.5, 0.6) is 0 Å². The Hall–Kier alpha value is -3.44. The molecule has 0 aromatic carbocycles. The van der Waals surface area contributed by atoms with Crippen LogP contribution in [0, 0.1) is 5.92 Å². The number of rotatable bonds is 24. The Balaban J connectivity index is 0. The van der Waals surface area contributed by atoms with Crippen molar-refractivity contribution < 1.29 is 39.0 Å². The highest BCUT2D eigenvalue weighted by molar-refractivity contribution is 5.85. The topological polar surface area (TPSA) is 219 Å². The van der Waals surface area contributed by atoms with Crippen molar-refractivity contribution in [2.75, 3.05) is 0 Å². The molecule has 0 saturated heterocycles. The lowest BCUT2D eigenvalue weighted by molar-refractivity contribution is -0.143. The number of carbonyl (C=O) groups is 6. The number of carbonyl (C=O) groups excluding carboxylic acids is 4. The first-order valence-corrected chi connectivity index (χ1v) is 14.6. The lowest BCUT2D eigenvalue weighted by Gasteiger charge is -2.17. The molecule has 0 aliphatic carbocycles. The van der Waals surface area contributed by atoms with Crippen molar-refractivity contribution in [3.63, 3.8) is 0 Å². The molecule has 0 rings (SSSR count). The highest BCUT2D eigenvalue weighted by Gasteiger charge is 2.23. The number of amides is 4.